The highest BCUT2D eigenvalue weighted by Gasteiger charge is 2.19. The highest BCUT2D eigenvalue weighted by atomic mass is 16.3. The van der Waals surface area contributed by atoms with Gasteiger partial charge in [-0.2, -0.15) is 0 Å². The van der Waals surface area contributed by atoms with Crippen LogP contribution in [-0.4, -0.2) is 4.57 Å². The Labute approximate surface area is 318 Å². The Morgan fingerprint density at radius 2 is 0.818 bits per heavy atom. The Balaban J connectivity index is 0.987. The number of hydrogen-bond donors (Lipinski definition) is 0. The molecule has 0 atom stereocenters. The molecule has 0 bridgehead atoms. The summed E-state index contributed by atoms with van der Waals surface area (Å²) in [4.78, 5) is 2.34. The molecule has 0 saturated heterocycles. The topological polar surface area (TPSA) is 21.3 Å². The van der Waals surface area contributed by atoms with Crippen molar-refractivity contribution in [3.05, 3.63) is 206 Å². The van der Waals surface area contributed by atoms with E-state index >= 15 is 0 Å². The molecule has 258 valence electrons. The first kappa shape index (κ1) is 31.2. The van der Waals surface area contributed by atoms with Gasteiger partial charge in [0.15, 0.2) is 0 Å². The third-order valence-electron chi connectivity index (χ3n) is 11.0. The van der Waals surface area contributed by atoms with Crippen LogP contribution in [0.2, 0.25) is 0 Å². The first-order valence-corrected chi connectivity index (χ1v) is 18.8. The molecule has 0 amide bonds. The Kier molecular flexibility index (Phi) is 7.17. The molecule has 55 heavy (non-hydrogen) atoms. The van der Waals surface area contributed by atoms with Gasteiger partial charge < -0.3 is 13.9 Å². The average Bonchev–Trinajstić information content (AvgIpc) is 3.81. The van der Waals surface area contributed by atoms with E-state index < -0.39 is 0 Å². The lowest BCUT2D eigenvalue weighted by molar-refractivity contribution is 0.671. The van der Waals surface area contributed by atoms with Crippen molar-refractivity contribution >= 4 is 71.6 Å². The van der Waals surface area contributed by atoms with Crippen LogP contribution in [0, 0.1) is 0 Å². The van der Waals surface area contributed by atoms with Gasteiger partial charge in [-0.15, -0.1) is 0 Å². The van der Waals surface area contributed by atoms with Crippen LogP contribution in [0.25, 0.3) is 82.5 Å². The van der Waals surface area contributed by atoms with Gasteiger partial charge in [0.2, 0.25) is 0 Å². The molecule has 0 aliphatic carbocycles. The fourth-order valence-corrected chi connectivity index (χ4v) is 8.46. The van der Waals surface area contributed by atoms with E-state index in [0.717, 1.165) is 66.9 Å². The van der Waals surface area contributed by atoms with Gasteiger partial charge in [0, 0.05) is 55.1 Å². The van der Waals surface area contributed by atoms with Crippen LogP contribution < -0.4 is 4.90 Å². The molecule has 0 spiro atoms. The maximum Gasteiger partial charge on any atom is 0.143 e. The van der Waals surface area contributed by atoms with E-state index in [9.17, 15) is 0 Å². The van der Waals surface area contributed by atoms with Gasteiger partial charge in [-0.05, 0) is 71.1 Å². The first-order chi connectivity index (χ1) is 27.3. The summed E-state index contributed by atoms with van der Waals surface area (Å²) in [6.45, 7) is 0. The van der Waals surface area contributed by atoms with E-state index in [-0.39, 0.29) is 0 Å². The van der Waals surface area contributed by atoms with Crippen LogP contribution in [0.1, 0.15) is 0 Å². The zero-order valence-corrected chi connectivity index (χ0v) is 29.9. The standard InChI is InChI=1S/C52H34N2O/c1-2-15-38(16-3-1)53(48-26-10-14-35-13-4-5-17-41(35)48)39-31-27-36(28-32-39)42-20-11-22-46-47-23-12-21-43(52(47)55-51(42)46)37-29-33-40(34-30-37)54-49-24-8-6-18-44(49)45-19-7-9-25-50(45)54/h1-34H. The van der Waals surface area contributed by atoms with Crippen molar-refractivity contribution in [2.24, 2.45) is 0 Å². The second kappa shape index (κ2) is 12.6. The van der Waals surface area contributed by atoms with Crippen molar-refractivity contribution in [3.8, 4) is 27.9 Å². The lowest BCUT2D eigenvalue weighted by Gasteiger charge is -2.27. The van der Waals surface area contributed by atoms with Crippen LogP contribution in [0.15, 0.2) is 211 Å². The number of benzene rings is 9. The van der Waals surface area contributed by atoms with Crippen molar-refractivity contribution in [2.45, 2.75) is 0 Å². The second-order valence-electron chi connectivity index (χ2n) is 14.1. The molecule has 0 aliphatic heterocycles. The van der Waals surface area contributed by atoms with E-state index in [1.165, 1.54) is 32.6 Å². The van der Waals surface area contributed by atoms with Gasteiger partial charge in [0.05, 0.1) is 16.7 Å². The molecule has 0 aliphatic rings. The molecule has 0 radical (unpaired) electrons. The van der Waals surface area contributed by atoms with Gasteiger partial charge in [0.1, 0.15) is 11.2 Å². The number of nitrogens with zero attached hydrogens (tertiary/aromatic N) is 2. The third-order valence-corrected chi connectivity index (χ3v) is 11.0. The summed E-state index contributed by atoms with van der Waals surface area (Å²) in [6.07, 6.45) is 0. The van der Waals surface area contributed by atoms with Crippen LogP contribution in [-0.2, 0) is 0 Å². The van der Waals surface area contributed by atoms with E-state index in [0.29, 0.717) is 0 Å². The molecule has 0 fully saturated rings. The number of furan rings is 1. The molecule has 9 aromatic carbocycles. The minimum Gasteiger partial charge on any atom is -0.455 e. The summed E-state index contributed by atoms with van der Waals surface area (Å²) < 4.78 is 9.25. The number of fused-ring (bicyclic) bond motifs is 7. The highest BCUT2D eigenvalue weighted by Crippen LogP contribution is 2.43. The fourth-order valence-electron chi connectivity index (χ4n) is 8.46. The highest BCUT2D eigenvalue weighted by molar-refractivity contribution is 6.13. The van der Waals surface area contributed by atoms with Gasteiger partial charge in [0.25, 0.3) is 0 Å². The summed E-state index contributed by atoms with van der Waals surface area (Å²) in [6, 6.07) is 73.7. The van der Waals surface area contributed by atoms with Crippen LogP contribution >= 0.6 is 0 Å². The molecule has 0 saturated carbocycles. The minimum absolute atomic E-state index is 0.897. The molecule has 2 heterocycles. The quantitative estimate of drug-likeness (QED) is 0.172. The second-order valence-corrected chi connectivity index (χ2v) is 14.1. The number of para-hydroxylation sites is 5. The Morgan fingerprint density at radius 3 is 1.45 bits per heavy atom. The van der Waals surface area contributed by atoms with Crippen LogP contribution in [0.3, 0.4) is 0 Å². The Morgan fingerprint density at radius 1 is 0.345 bits per heavy atom. The monoisotopic (exact) mass is 702 g/mol. The predicted molar refractivity (Wildman–Crippen MR) is 231 cm³/mol. The largest absolute Gasteiger partial charge is 0.455 e. The Bertz CT molecular complexity index is 3130. The number of anilines is 3. The maximum absolute atomic E-state index is 6.89. The van der Waals surface area contributed by atoms with Crippen molar-refractivity contribution < 1.29 is 4.42 Å². The molecule has 3 heteroatoms. The zero-order valence-electron chi connectivity index (χ0n) is 29.9. The smallest absolute Gasteiger partial charge is 0.143 e. The molecular formula is C52H34N2O. The van der Waals surface area contributed by atoms with E-state index in [4.69, 9.17) is 4.42 Å². The first-order valence-electron chi connectivity index (χ1n) is 18.8. The number of rotatable bonds is 6. The van der Waals surface area contributed by atoms with Gasteiger partial charge >= 0.3 is 0 Å². The van der Waals surface area contributed by atoms with Crippen molar-refractivity contribution in [1.82, 2.24) is 4.57 Å². The summed E-state index contributed by atoms with van der Waals surface area (Å²) in [5, 5.41) is 7.18. The SMILES string of the molecule is c1ccc(N(c2ccc(-c3cccc4c3oc3c(-c5ccc(-n6c7ccccc7c7ccccc76)cc5)cccc34)cc2)c2cccc3ccccc23)cc1. The van der Waals surface area contributed by atoms with Crippen LogP contribution in [0.5, 0.6) is 0 Å². The number of hydrogen-bond acceptors (Lipinski definition) is 2. The predicted octanol–water partition coefficient (Wildman–Crippen LogP) is 14.6. The Hall–Kier alpha value is -7.36. The van der Waals surface area contributed by atoms with Gasteiger partial charge in [-0.1, -0.05) is 152 Å². The molecule has 2 aromatic heterocycles. The summed E-state index contributed by atoms with van der Waals surface area (Å²) >= 11 is 0. The molecule has 3 nitrogen and oxygen atoms in total. The molecule has 0 N–H and O–H groups in total. The van der Waals surface area contributed by atoms with Crippen LogP contribution in [0.4, 0.5) is 17.1 Å². The van der Waals surface area contributed by atoms with Crippen molar-refractivity contribution in [3.63, 3.8) is 0 Å². The molecule has 11 aromatic rings. The van der Waals surface area contributed by atoms with Crippen molar-refractivity contribution in [1.29, 1.82) is 0 Å². The third kappa shape index (κ3) is 5.05. The summed E-state index contributed by atoms with van der Waals surface area (Å²) in [7, 11) is 0. The zero-order chi connectivity index (χ0) is 36.3. The molecular weight excluding hydrogens is 669 g/mol. The number of aromatic nitrogens is 1. The van der Waals surface area contributed by atoms with E-state index in [2.05, 4.69) is 216 Å². The van der Waals surface area contributed by atoms with Crippen molar-refractivity contribution in [2.75, 3.05) is 4.90 Å². The van der Waals surface area contributed by atoms with E-state index in [1.54, 1.807) is 0 Å². The minimum atomic E-state index is 0.897. The van der Waals surface area contributed by atoms with Gasteiger partial charge in [-0.25, -0.2) is 0 Å². The summed E-state index contributed by atoms with van der Waals surface area (Å²) in [5.74, 6) is 0. The lowest BCUT2D eigenvalue weighted by Crippen LogP contribution is -2.10. The normalized spacial score (nSPS) is 11.6. The van der Waals surface area contributed by atoms with E-state index in [1.807, 2.05) is 0 Å². The average molecular weight is 703 g/mol. The molecule has 0 unspecified atom stereocenters. The summed E-state index contributed by atoms with van der Waals surface area (Å²) in [5.41, 5.74) is 13.1. The maximum atomic E-state index is 6.89. The molecule has 11 rings (SSSR count). The fraction of sp³-hybridized carbons (Fsp3) is 0. The lowest BCUT2D eigenvalue weighted by atomic mass is 9.99. The van der Waals surface area contributed by atoms with Gasteiger partial charge in [-0.3, -0.25) is 0 Å².